The van der Waals surface area contributed by atoms with Crippen LogP contribution in [0.1, 0.15) is 11.1 Å². The predicted molar refractivity (Wildman–Crippen MR) is 75.3 cm³/mol. The van der Waals surface area contributed by atoms with Crippen molar-refractivity contribution in [3.63, 3.8) is 0 Å². The molecule has 1 N–H and O–H groups in total. The maximum absolute atomic E-state index is 5.13. The van der Waals surface area contributed by atoms with Crippen LogP contribution in [0.25, 0.3) is 0 Å². The molecule has 2 aliphatic heterocycles. The predicted octanol–water partition coefficient (Wildman–Crippen LogP) is 0.453. The molecule has 3 rings (SSSR count). The van der Waals surface area contributed by atoms with Crippen molar-refractivity contribution in [1.29, 1.82) is 0 Å². The van der Waals surface area contributed by atoms with Crippen molar-refractivity contribution in [2.24, 2.45) is 0 Å². The molecule has 1 fully saturated rings. The molecule has 104 valence electrons. The molecule has 0 amide bonds. The Morgan fingerprint density at radius 3 is 2.79 bits per heavy atom. The number of ether oxygens (including phenoxy) is 1. The van der Waals surface area contributed by atoms with Crippen LogP contribution < -0.4 is 10.2 Å². The van der Waals surface area contributed by atoms with Gasteiger partial charge in [-0.15, -0.1) is 0 Å². The van der Waals surface area contributed by atoms with Crippen molar-refractivity contribution in [1.82, 2.24) is 15.2 Å². The van der Waals surface area contributed by atoms with E-state index in [0.717, 1.165) is 58.2 Å². The summed E-state index contributed by atoms with van der Waals surface area (Å²) in [6.07, 6.45) is 2.03. The lowest BCUT2D eigenvalue weighted by atomic mass is 10.2. The molecule has 1 aromatic heterocycles. The van der Waals surface area contributed by atoms with E-state index in [9.17, 15) is 0 Å². The molecule has 0 spiro atoms. The normalized spacial score (nSPS) is 19.7. The van der Waals surface area contributed by atoms with Gasteiger partial charge in [-0.2, -0.15) is 0 Å². The van der Waals surface area contributed by atoms with Gasteiger partial charge in [-0.25, -0.2) is 4.98 Å². The van der Waals surface area contributed by atoms with Crippen molar-refractivity contribution >= 4 is 5.82 Å². The third-order valence-corrected chi connectivity index (χ3v) is 4.01. The van der Waals surface area contributed by atoms with Gasteiger partial charge in [-0.05, 0) is 17.2 Å². The lowest BCUT2D eigenvalue weighted by Crippen LogP contribution is -2.47. The number of methoxy groups -OCH3 is 1. The summed E-state index contributed by atoms with van der Waals surface area (Å²) < 4.78 is 5.13. The number of rotatable bonds is 4. The van der Waals surface area contributed by atoms with Crippen LogP contribution in [0.3, 0.4) is 0 Å². The first-order chi connectivity index (χ1) is 9.36. The van der Waals surface area contributed by atoms with Crippen LogP contribution in [0, 0.1) is 0 Å². The summed E-state index contributed by atoms with van der Waals surface area (Å²) in [5.74, 6) is 1.13. The highest BCUT2D eigenvalue weighted by molar-refractivity contribution is 5.45. The Morgan fingerprint density at radius 2 is 2.00 bits per heavy atom. The van der Waals surface area contributed by atoms with Gasteiger partial charge >= 0.3 is 0 Å². The molecule has 5 heteroatoms. The van der Waals surface area contributed by atoms with Crippen molar-refractivity contribution in [2.75, 3.05) is 51.3 Å². The molecule has 0 radical (unpaired) electrons. The minimum atomic E-state index is 0.822. The number of hydrogen-bond donors (Lipinski definition) is 1. The first-order valence-electron chi connectivity index (χ1n) is 7.01. The Kier molecular flexibility index (Phi) is 3.96. The van der Waals surface area contributed by atoms with Gasteiger partial charge in [0.2, 0.25) is 0 Å². The molecule has 3 heterocycles. The van der Waals surface area contributed by atoms with Crippen LogP contribution >= 0.6 is 0 Å². The maximum Gasteiger partial charge on any atom is 0.128 e. The van der Waals surface area contributed by atoms with E-state index in [-0.39, 0.29) is 0 Å². The molecule has 0 atom stereocenters. The molecular formula is C14H22N4O. The van der Waals surface area contributed by atoms with Crippen LogP contribution in [-0.4, -0.2) is 56.3 Å². The van der Waals surface area contributed by atoms with Crippen molar-refractivity contribution in [3.05, 3.63) is 23.4 Å². The molecule has 0 saturated carbocycles. The van der Waals surface area contributed by atoms with Gasteiger partial charge in [-0.3, -0.25) is 4.90 Å². The molecule has 0 aliphatic carbocycles. The number of piperazine rings is 1. The van der Waals surface area contributed by atoms with E-state index in [1.165, 1.54) is 11.1 Å². The molecule has 0 bridgehead atoms. The third-order valence-electron chi connectivity index (χ3n) is 4.01. The third kappa shape index (κ3) is 2.88. The zero-order valence-corrected chi connectivity index (χ0v) is 11.6. The number of nitrogens with one attached hydrogen (secondary N) is 1. The van der Waals surface area contributed by atoms with Gasteiger partial charge in [0.05, 0.1) is 6.61 Å². The van der Waals surface area contributed by atoms with Crippen molar-refractivity contribution in [2.45, 2.75) is 13.1 Å². The van der Waals surface area contributed by atoms with E-state index in [4.69, 9.17) is 4.74 Å². The number of anilines is 1. The highest BCUT2D eigenvalue weighted by Gasteiger charge is 2.19. The van der Waals surface area contributed by atoms with Gasteiger partial charge in [0, 0.05) is 59.1 Å². The van der Waals surface area contributed by atoms with Crippen LogP contribution in [-0.2, 0) is 17.8 Å². The Balaban J connectivity index is 1.59. The minimum Gasteiger partial charge on any atom is -0.383 e. The van der Waals surface area contributed by atoms with E-state index in [1.54, 1.807) is 7.11 Å². The summed E-state index contributed by atoms with van der Waals surface area (Å²) >= 11 is 0. The van der Waals surface area contributed by atoms with E-state index in [2.05, 4.69) is 26.2 Å². The number of pyridine rings is 1. The zero-order chi connectivity index (χ0) is 13.1. The van der Waals surface area contributed by atoms with Crippen LogP contribution in [0.2, 0.25) is 0 Å². The Bertz CT molecular complexity index is 429. The second-order valence-electron chi connectivity index (χ2n) is 5.24. The number of fused-ring (bicyclic) bond motifs is 1. The number of aromatic nitrogens is 1. The smallest absolute Gasteiger partial charge is 0.128 e. The topological polar surface area (TPSA) is 40.6 Å². The van der Waals surface area contributed by atoms with Crippen molar-refractivity contribution in [3.8, 4) is 0 Å². The standard InChI is InChI=1S/C14H22N4O/c1-19-7-6-17-2-4-18(5-3-17)14-8-12-9-15-10-13(12)11-16-14/h8,11,15H,2-7,9-10H2,1H3. The largest absolute Gasteiger partial charge is 0.383 e. The number of hydrogen-bond acceptors (Lipinski definition) is 5. The summed E-state index contributed by atoms with van der Waals surface area (Å²) in [4.78, 5) is 9.45. The molecule has 5 nitrogen and oxygen atoms in total. The maximum atomic E-state index is 5.13. The second kappa shape index (κ2) is 5.86. The quantitative estimate of drug-likeness (QED) is 0.853. The SMILES string of the molecule is COCCN1CCN(c2cc3c(cn2)CNC3)CC1. The monoisotopic (exact) mass is 262 g/mol. The molecular weight excluding hydrogens is 240 g/mol. The summed E-state index contributed by atoms with van der Waals surface area (Å²) in [6, 6.07) is 2.25. The highest BCUT2D eigenvalue weighted by Crippen LogP contribution is 2.21. The summed E-state index contributed by atoms with van der Waals surface area (Å²) in [6.45, 7) is 8.12. The highest BCUT2D eigenvalue weighted by atomic mass is 16.5. The first kappa shape index (κ1) is 12.8. The van der Waals surface area contributed by atoms with Crippen LogP contribution in [0.15, 0.2) is 12.3 Å². The van der Waals surface area contributed by atoms with E-state index in [1.807, 2.05) is 6.20 Å². The summed E-state index contributed by atoms with van der Waals surface area (Å²) in [7, 11) is 1.76. The lowest BCUT2D eigenvalue weighted by molar-refractivity contribution is 0.144. The lowest BCUT2D eigenvalue weighted by Gasteiger charge is -2.35. The van der Waals surface area contributed by atoms with E-state index in [0.29, 0.717) is 0 Å². The first-order valence-corrected chi connectivity index (χ1v) is 7.01. The fourth-order valence-corrected chi connectivity index (χ4v) is 2.76. The van der Waals surface area contributed by atoms with Crippen LogP contribution in [0.5, 0.6) is 0 Å². The molecule has 19 heavy (non-hydrogen) atoms. The van der Waals surface area contributed by atoms with Gasteiger partial charge in [0.25, 0.3) is 0 Å². The van der Waals surface area contributed by atoms with Gasteiger partial charge < -0.3 is 15.0 Å². The van der Waals surface area contributed by atoms with Crippen LogP contribution in [0.4, 0.5) is 5.82 Å². The second-order valence-corrected chi connectivity index (χ2v) is 5.24. The Hall–Kier alpha value is -1.17. The molecule has 1 aromatic rings. The molecule has 0 unspecified atom stereocenters. The average molecular weight is 262 g/mol. The minimum absolute atomic E-state index is 0.822. The van der Waals surface area contributed by atoms with Gasteiger partial charge in [-0.1, -0.05) is 0 Å². The van der Waals surface area contributed by atoms with E-state index < -0.39 is 0 Å². The Morgan fingerprint density at radius 1 is 1.21 bits per heavy atom. The number of nitrogens with zero attached hydrogens (tertiary/aromatic N) is 3. The summed E-state index contributed by atoms with van der Waals surface area (Å²) in [5, 5.41) is 3.37. The van der Waals surface area contributed by atoms with Gasteiger partial charge in [0.15, 0.2) is 0 Å². The zero-order valence-electron chi connectivity index (χ0n) is 11.6. The van der Waals surface area contributed by atoms with Crippen molar-refractivity contribution < 1.29 is 4.74 Å². The van der Waals surface area contributed by atoms with Gasteiger partial charge in [0.1, 0.15) is 5.82 Å². The fraction of sp³-hybridized carbons (Fsp3) is 0.643. The molecule has 0 aromatic carbocycles. The Labute approximate surface area is 114 Å². The average Bonchev–Trinajstić information content (AvgIpc) is 2.93. The van der Waals surface area contributed by atoms with E-state index >= 15 is 0 Å². The molecule has 1 saturated heterocycles. The summed E-state index contributed by atoms with van der Waals surface area (Å²) in [5.41, 5.74) is 2.76. The molecule has 2 aliphatic rings. The fourth-order valence-electron chi connectivity index (χ4n) is 2.76.